The molecule has 5 nitrogen and oxygen atoms in total. The zero-order chi connectivity index (χ0) is 17.8. The molecule has 25 heavy (non-hydrogen) atoms. The van der Waals surface area contributed by atoms with Gasteiger partial charge in [-0.2, -0.15) is 0 Å². The number of amides is 2. The molecule has 1 fully saturated rings. The van der Waals surface area contributed by atoms with Crippen molar-refractivity contribution >= 4 is 46.5 Å². The maximum atomic E-state index is 13.2. The van der Waals surface area contributed by atoms with Gasteiger partial charge in [0, 0.05) is 10.6 Å². The van der Waals surface area contributed by atoms with Crippen LogP contribution in [0.25, 0.3) is 0 Å². The van der Waals surface area contributed by atoms with Gasteiger partial charge in [-0.3, -0.25) is 14.4 Å². The predicted molar refractivity (Wildman–Crippen MR) is 101 cm³/mol. The molecule has 8 heteroatoms. The normalized spacial score (nSPS) is 19.8. The van der Waals surface area contributed by atoms with Crippen molar-refractivity contribution in [1.29, 1.82) is 0 Å². The highest BCUT2D eigenvalue weighted by molar-refractivity contribution is 7.99. The fourth-order valence-electron chi connectivity index (χ4n) is 2.59. The third-order valence-electron chi connectivity index (χ3n) is 3.75. The van der Waals surface area contributed by atoms with E-state index < -0.39 is 6.04 Å². The van der Waals surface area contributed by atoms with Gasteiger partial charge in [0.2, 0.25) is 0 Å². The van der Waals surface area contributed by atoms with Crippen molar-refractivity contribution in [2.75, 3.05) is 12.4 Å². The molecular weight excluding hydrogens is 380 g/mol. The minimum absolute atomic E-state index is 0.221. The second kappa shape index (κ2) is 8.23. The van der Waals surface area contributed by atoms with Crippen LogP contribution in [-0.2, 0) is 9.63 Å². The summed E-state index contributed by atoms with van der Waals surface area (Å²) in [5.41, 5.74) is 2.81. The summed E-state index contributed by atoms with van der Waals surface area (Å²) in [6, 6.07) is 10.2. The molecule has 1 saturated heterocycles. The van der Waals surface area contributed by atoms with Crippen molar-refractivity contribution in [3.63, 3.8) is 0 Å². The Labute approximate surface area is 159 Å². The predicted octanol–water partition coefficient (Wildman–Crippen LogP) is 3.73. The van der Waals surface area contributed by atoms with Crippen molar-refractivity contribution in [3.05, 3.63) is 57.2 Å². The van der Waals surface area contributed by atoms with Crippen molar-refractivity contribution in [2.45, 2.75) is 18.3 Å². The van der Waals surface area contributed by atoms with Crippen LogP contribution in [0.1, 0.15) is 27.5 Å². The summed E-state index contributed by atoms with van der Waals surface area (Å²) in [4.78, 5) is 33.3. The third kappa shape index (κ3) is 3.84. The first kappa shape index (κ1) is 18.3. The number of thioether (sulfide) groups is 1. The lowest BCUT2D eigenvalue weighted by Gasteiger charge is -2.28. The number of carbonyl (C=O) groups excluding carboxylic acids is 2. The van der Waals surface area contributed by atoms with Crippen LogP contribution in [0, 0.1) is 0 Å². The van der Waals surface area contributed by atoms with E-state index in [-0.39, 0.29) is 17.2 Å². The molecule has 2 amide bonds. The fourth-order valence-corrected chi connectivity index (χ4v) is 5.20. The average Bonchev–Trinajstić information content (AvgIpc) is 3.28. The summed E-state index contributed by atoms with van der Waals surface area (Å²) in [6.45, 7) is 2.14. The first-order valence-corrected chi connectivity index (χ1v) is 10.1. The Morgan fingerprint density at radius 1 is 1.32 bits per heavy atom. The summed E-state index contributed by atoms with van der Waals surface area (Å²) in [5.74, 6) is -0.0861. The topological polar surface area (TPSA) is 58.6 Å². The van der Waals surface area contributed by atoms with Gasteiger partial charge < -0.3 is 4.90 Å². The van der Waals surface area contributed by atoms with Gasteiger partial charge in [-0.05, 0) is 30.5 Å². The molecule has 0 radical (unpaired) electrons. The maximum Gasteiger partial charge on any atom is 0.267 e. The molecule has 0 bridgehead atoms. The van der Waals surface area contributed by atoms with Crippen LogP contribution in [-0.4, -0.2) is 35.1 Å². The van der Waals surface area contributed by atoms with E-state index in [2.05, 4.69) is 5.48 Å². The molecule has 0 spiro atoms. The van der Waals surface area contributed by atoms with Gasteiger partial charge in [-0.1, -0.05) is 29.8 Å². The number of carbonyl (C=O) groups is 2. The monoisotopic (exact) mass is 396 g/mol. The highest BCUT2D eigenvalue weighted by atomic mass is 35.5. The van der Waals surface area contributed by atoms with Gasteiger partial charge in [0.05, 0.1) is 17.2 Å². The van der Waals surface area contributed by atoms with E-state index in [0.717, 1.165) is 4.88 Å². The summed E-state index contributed by atoms with van der Waals surface area (Å²) >= 11 is 9.33. The number of nitrogens with zero attached hydrogens (tertiary/aromatic N) is 1. The number of halogens is 1. The molecule has 1 aromatic carbocycles. The second-order valence-electron chi connectivity index (χ2n) is 5.31. The number of rotatable bonds is 5. The molecular formula is C17H17ClN2O3S2. The van der Waals surface area contributed by atoms with Crippen LogP contribution >= 0.6 is 34.7 Å². The maximum absolute atomic E-state index is 13.2. The molecule has 2 heterocycles. The Bertz CT molecular complexity index is 754. The highest BCUT2D eigenvalue weighted by Gasteiger charge is 2.43. The SMILES string of the molecule is CCONC(=O)C1CSC(c2cccs2)N1C(=O)c1ccccc1Cl. The molecule has 1 aliphatic heterocycles. The summed E-state index contributed by atoms with van der Waals surface area (Å²) in [7, 11) is 0. The van der Waals surface area contributed by atoms with Crippen molar-refractivity contribution in [1.82, 2.24) is 10.4 Å². The van der Waals surface area contributed by atoms with Crippen LogP contribution in [0.5, 0.6) is 0 Å². The summed E-state index contributed by atoms with van der Waals surface area (Å²) < 4.78 is 0. The quantitative estimate of drug-likeness (QED) is 0.782. The number of benzene rings is 1. The van der Waals surface area contributed by atoms with E-state index >= 15 is 0 Å². The minimum Gasteiger partial charge on any atom is -0.309 e. The average molecular weight is 397 g/mol. The smallest absolute Gasteiger partial charge is 0.267 e. The van der Waals surface area contributed by atoms with Crippen LogP contribution in [0.3, 0.4) is 0 Å². The third-order valence-corrected chi connectivity index (χ3v) is 6.45. The first-order chi connectivity index (χ1) is 12.1. The lowest BCUT2D eigenvalue weighted by molar-refractivity contribution is -0.137. The molecule has 2 aromatic rings. The molecule has 2 atom stereocenters. The van der Waals surface area contributed by atoms with Gasteiger partial charge in [-0.25, -0.2) is 5.48 Å². The second-order valence-corrected chi connectivity index (χ2v) is 7.81. The van der Waals surface area contributed by atoms with Crippen LogP contribution in [0.15, 0.2) is 41.8 Å². The molecule has 1 aromatic heterocycles. The molecule has 1 N–H and O–H groups in total. The van der Waals surface area contributed by atoms with E-state index in [9.17, 15) is 9.59 Å². The number of nitrogens with one attached hydrogen (secondary N) is 1. The Morgan fingerprint density at radius 3 is 2.80 bits per heavy atom. The number of hydroxylamine groups is 1. The first-order valence-electron chi connectivity index (χ1n) is 7.77. The Morgan fingerprint density at radius 2 is 2.12 bits per heavy atom. The Kier molecular flexibility index (Phi) is 6.01. The number of thiophene rings is 1. The molecule has 3 rings (SSSR count). The zero-order valence-corrected chi connectivity index (χ0v) is 15.9. The Hall–Kier alpha value is -1.54. The van der Waals surface area contributed by atoms with Crippen molar-refractivity contribution in [3.8, 4) is 0 Å². The van der Waals surface area contributed by atoms with Crippen LogP contribution in [0.4, 0.5) is 0 Å². The largest absolute Gasteiger partial charge is 0.309 e. The van der Waals surface area contributed by atoms with E-state index in [1.54, 1.807) is 59.2 Å². The molecule has 1 aliphatic rings. The number of hydrogen-bond donors (Lipinski definition) is 1. The van der Waals surface area contributed by atoms with Gasteiger partial charge >= 0.3 is 0 Å². The van der Waals surface area contributed by atoms with E-state index in [1.807, 2.05) is 17.5 Å². The fraction of sp³-hybridized carbons (Fsp3) is 0.294. The van der Waals surface area contributed by atoms with E-state index in [0.29, 0.717) is 22.9 Å². The van der Waals surface area contributed by atoms with E-state index in [1.165, 1.54) is 0 Å². The number of hydrogen-bond acceptors (Lipinski definition) is 5. The van der Waals surface area contributed by atoms with Crippen molar-refractivity contribution in [2.24, 2.45) is 0 Å². The Balaban J connectivity index is 1.93. The zero-order valence-electron chi connectivity index (χ0n) is 13.5. The van der Waals surface area contributed by atoms with Gasteiger partial charge in [-0.15, -0.1) is 23.1 Å². The van der Waals surface area contributed by atoms with Crippen molar-refractivity contribution < 1.29 is 14.4 Å². The molecule has 2 unspecified atom stereocenters. The molecule has 0 saturated carbocycles. The van der Waals surface area contributed by atoms with Gasteiger partial charge in [0.25, 0.3) is 11.8 Å². The highest BCUT2D eigenvalue weighted by Crippen LogP contribution is 2.44. The summed E-state index contributed by atoms with van der Waals surface area (Å²) in [5, 5.41) is 2.11. The summed E-state index contributed by atoms with van der Waals surface area (Å²) in [6.07, 6.45) is 0. The lowest BCUT2D eigenvalue weighted by atomic mass is 10.1. The molecule has 132 valence electrons. The van der Waals surface area contributed by atoms with Crippen LogP contribution in [0.2, 0.25) is 5.02 Å². The minimum atomic E-state index is -0.618. The van der Waals surface area contributed by atoms with Crippen LogP contribution < -0.4 is 5.48 Å². The van der Waals surface area contributed by atoms with Gasteiger partial charge in [0.15, 0.2) is 0 Å². The molecule has 0 aliphatic carbocycles. The standard InChI is InChI=1S/C17H17ClN2O3S2/c1-2-23-19-15(21)13-10-25-17(14-8-5-9-24-14)20(13)16(22)11-6-3-4-7-12(11)18/h3-9,13,17H,2,10H2,1H3,(H,19,21). The lowest BCUT2D eigenvalue weighted by Crippen LogP contribution is -2.47. The van der Waals surface area contributed by atoms with Gasteiger partial charge in [0.1, 0.15) is 11.4 Å². The van der Waals surface area contributed by atoms with E-state index in [4.69, 9.17) is 16.4 Å².